The van der Waals surface area contributed by atoms with Crippen molar-refractivity contribution in [3.05, 3.63) is 29.3 Å². The van der Waals surface area contributed by atoms with Crippen LogP contribution in [0.25, 0.3) is 0 Å². The van der Waals surface area contributed by atoms with E-state index in [1.54, 1.807) is 7.11 Å². The molecule has 1 N–H and O–H groups in total. The molecule has 0 aromatic heterocycles. The summed E-state index contributed by atoms with van der Waals surface area (Å²) in [6.45, 7) is 6.27. The van der Waals surface area contributed by atoms with Gasteiger partial charge in [-0.25, -0.2) is 0 Å². The Labute approximate surface area is 126 Å². The lowest BCUT2D eigenvalue weighted by molar-refractivity contribution is 0.172. The van der Waals surface area contributed by atoms with Crippen molar-refractivity contribution < 1.29 is 4.74 Å². The Morgan fingerprint density at radius 1 is 1.32 bits per heavy atom. The van der Waals surface area contributed by atoms with Gasteiger partial charge in [-0.3, -0.25) is 0 Å². The standard InChI is InChI=1S/C15H24ClNOS/c1-4-17-15(12(2)9-10-18-3)11-19-14-7-5-13(16)6-8-14/h5-8,12,15,17H,4,9-11H2,1-3H3. The van der Waals surface area contributed by atoms with E-state index in [2.05, 4.69) is 31.3 Å². The first-order valence-electron chi connectivity index (χ1n) is 6.78. The maximum absolute atomic E-state index is 5.90. The number of methoxy groups -OCH3 is 1. The molecule has 4 heteroatoms. The number of rotatable bonds is 9. The van der Waals surface area contributed by atoms with E-state index in [9.17, 15) is 0 Å². The zero-order valence-electron chi connectivity index (χ0n) is 12.0. The molecule has 0 fully saturated rings. The van der Waals surface area contributed by atoms with Crippen molar-refractivity contribution in [1.29, 1.82) is 0 Å². The van der Waals surface area contributed by atoms with Crippen LogP contribution >= 0.6 is 23.4 Å². The number of hydrogen-bond acceptors (Lipinski definition) is 3. The molecule has 1 aromatic rings. The molecule has 1 rings (SSSR count). The fraction of sp³-hybridized carbons (Fsp3) is 0.600. The Hall–Kier alpha value is -0.220. The van der Waals surface area contributed by atoms with Gasteiger partial charge in [-0.15, -0.1) is 11.8 Å². The Bertz CT molecular complexity index is 345. The van der Waals surface area contributed by atoms with Gasteiger partial charge in [-0.2, -0.15) is 0 Å². The van der Waals surface area contributed by atoms with E-state index in [0.29, 0.717) is 12.0 Å². The summed E-state index contributed by atoms with van der Waals surface area (Å²) in [6.07, 6.45) is 1.09. The van der Waals surface area contributed by atoms with Gasteiger partial charge in [0.05, 0.1) is 0 Å². The maximum Gasteiger partial charge on any atom is 0.0465 e. The summed E-state index contributed by atoms with van der Waals surface area (Å²) in [5, 5.41) is 4.36. The van der Waals surface area contributed by atoms with Crippen molar-refractivity contribution in [3.8, 4) is 0 Å². The molecule has 1 aromatic carbocycles. The van der Waals surface area contributed by atoms with Gasteiger partial charge in [0.15, 0.2) is 0 Å². The van der Waals surface area contributed by atoms with E-state index in [4.69, 9.17) is 16.3 Å². The summed E-state index contributed by atoms with van der Waals surface area (Å²) in [6, 6.07) is 8.56. The van der Waals surface area contributed by atoms with Gasteiger partial charge in [-0.1, -0.05) is 25.4 Å². The quantitative estimate of drug-likeness (QED) is 0.694. The van der Waals surface area contributed by atoms with Crippen molar-refractivity contribution >= 4 is 23.4 Å². The summed E-state index contributed by atoms with van der Waals surface area (Å²) in [5.41, 5.74) is 0. The minimum Gasteiger partial charge on any atom is -0.385 e. The lowest BCUT2D eigenvalue weighted by Crippen LogP contribution is -2.37. The van der Waals surface area contributed by atoms with E-state index < -0.39 is 0 Å². The smallest absolute Gasteiger partial charge is 0.0465 e. The van der Waals surface area contributed by atoms with E-state index >= 15 is 0 Å². The Morgan fingerprint density at radius 3 is 2.58 bits per heavy atom. The van der Waals surface area contributed by atoms with Crippen LogP contribution in [0.3, 0.4) is 0 Å². The van der Waals surface area contributed by atoms with Crippen molar-refractivity contribution in [2.45, 2.75) is 31.2 Å². The molecule has 0 radical (unpaired) electrons. The third kappa shape index (κ3) is 6.66. The molecule has 19 heavy (non-hydrogen) atoms. The average Bonchev–Trinajstić information content (AvgIpc) is 2.42. The lowest BCUT2D eigenvalue weighted by Gasteiger charge is -2.24. The van der Waals surface area contributed by atoms with Crippen LogP contribution in [-0.2, 0) is 4.74 Å². The molecule has 0 aliphatic heterocycles. The third-order valence-electron chi connectivity index (χ3n) is 3.17. The minimum absolute atomic E-state index is 0.515. The number of ether oxygens (including phenoxy) is 1. The van der Waals surface area contributed by atoms with E-state index in [1.807, 2.05) is 23.9 Å². The fourth-order valence-corrected chi connectivity index (χ4v) is 3.18. The second-order valence-electron chi connectivity index (χ2n) is 4.69. The van der Waals surface area contributed by atoms with Crippen molar-refractivity contribution in [2.24, 2.45) is 5.92 Å². The molecular formula is C15H24ClNOS. The number of halogens is 1. The molecule has 0 heterocycles. The van der Waals surface area contributed by atoms with Gasteiger partial charge >= 0.3 is 0 Å². The van der Waals surface area contributed by atoms with Gasteiger partial charge in [0, 0.05) is 35.4 Å². The number of nitrogens with one attached hydrogen (secondary N) is 1. The Morgan fingerprint density at radius 2 is 2.00 bits per heavy atom. The van der Waals surface area contributed by atoms with Gasteiger partial charge < -0.3 is 10.1 Å². The van der Waals surface area contributed by atoms with Crippen LogP contribution in [0.15, 0.2) is 29.2 Å². The van der Waals surface area contributed by atoms with Crippen LogP contribution in [0, 0.1) is 5.92 Å². The highest BCUT2D eigenvalue weighted by molar-refractivity contribution is 7.99. The first-order chi connectivity index (χ1) is 9.17. The summed E-state index contributed by atoms with van der Waals surface area (Å²) in [4.78, 5) is 1.27. The third-order valence-corrected chi connectivity index (χ3v) is 4.56. The van der Waals surface area contributed by atoms with E-state index in [0.717, 1.165) is 30.3 Å². The summed E-state index contributed by atoms with van der Waals surface area (Å²) >= 11 is 7.77. The van der Waals surface area contributed by atoms with Gasteiger partial charge in [0.1, 0.15) is 0 Å². The van der Waals surface area contributed by atoms with Crippen molar-refractivity contribution in [1.82, 2.24) is 5.32 Å². The highest BCUT2D eigenvalue weighted by Gasteiger charge is 2.16. The van der Waals surface area contributed by atoms with Crippen LogP contribution in [0.5, 0.6) is 0 Å². The van der Waals surface area contributed by atoms with Gasteiger partial charge in [0.25, 0.3) is 0 Å². The minimum atomic E-state index is 0.515. The first kappa shape index (κ1) is 16.8. The first-order valence-corrected chi connectivity index (χ1v) is 8.14. The maximum atomic E-state index is 5.90. The highest BCUT2D eigenvalue weighted by Crippen LogP contribution is 2.23. The van der Waals surface area contributed by atoms with Crippen molar-refractivity contribution in [2.75, 3.05) is 26.0 Å². The van der Waals surface area contributed by atoms with Crippen LogP contribution in [0.2, 0.25) is 5.02 Å². The highest BCUT2D eigenvalue weighted by atomic mass is 35.5. The zero-order valence-corrected chi connectivity index (χ0v) is 13.6. The SMILES string of the molecule is CCNC(CSc1ccc(Cl)cc1)C(C)CCOC. The predicted molar refractivity (Wildman–Crippen MR) is 85.3 cm³/mol. The fourth-order valence-electron chi connectivity index (χ4n) is 1.91. The molecule has 0 saturated heterocycles. The van der Waals surface area contributed by atoms with Crippen LogP contribution in [0.1, 0.15) is 20.3 Å². The second-order valence-corrected chi connectivity index (χ2v) is 6.22. The number of benzene rings is 1. The lowest BCUT2D eigenvalue weighted by atomic mass is 10.0. The average molecular weight is 302 g/mol. The predicted octanol–water partition coefficient (Wildman–Crippen LogP) is 4.08. The molecule has 2 atom stereocenters. The van der Waals surface area contributed by atoms with Gasteiger partial charge in [-0.05, 0) is 43.1 Å². The molecule has 2 nitrogen and oxygen atoms in total. The largest absolute Gasteiger partial charge is 0.385 e. The molecule has 2 unspecified atom stereocenters. The molecular weight excluding hydrogens is 278 g/mol. The molecule has 0 spiro atoms. The molecule has 0 amide bonds. The van der Waals surface area contributed by atoms with Gasteiger partial charge in [0.2, 0.25) is 0 Å². The summed E-state index contributed by atoms with van der Waals surface area (Å²) < 4.78 is 5.17. The Balaban J connectivity index is 2.46. The van der Waals surface area contributed by atoms with Crippen molar-refractivity contribution in [3.63, 3.8) is 0 Å². The molecule has 0 aliphatic carbocycles. The normalized spacial score (nSPS) is 14.3. The molecule has 0 aliphatic rings. The zero-order chi connectivity index (χ0) is 14.1. The second kappa shape index (κ2) is 9.65. The monoisotopic (exact) mass is 301 g/mol. The Kier molecular flexibility index (Phi) is 8.55. The number of thioether (sulfide) groups is 1. The summed E-state index contributed by atoms with van der Waals surface area (Å²) in [7, 11) is 1.76. The van der Waals surface area contributed by atoms with E-state index in [1.165, 1.54) is 4.90 Å². The topological polar surface area (TPSA) is 21.3 Å². The summed E-state index contributed by atoms with van der Waals surface area (Å²) in [5.74, 6) is 1.68. The molecule has 108 valence electrons. The van der Waals surface area contributed by atoms with E-state index in [-0.39, 0.29) is 0 Å². The molecule has 0 saturated carbocycles. The van der Waals surface area contributed by atoms with Crippen LogP contribution in [-0.4, -0.2) is 32.1 Å². The van der Waals surface area contributed by atoms with Crippen LogP contribution in [0.4, 0.5) is 0 Å². The molecule has 0 bridgehead atoms. The van der Waals surface area contributed by atoms with Crippen LogP contribution < -0.4 is 5.32 Å². The number of hydrogen-bond donors (Lipinski definition) is 1.